The molecule has 1 N–H and O–H groups in total. The molecule has 0 saturated heterocycles. The van der Waals surface area contributed by atoms with Crippen molar-refractivity contribution in [2.75, 3.05) is 5.32 Å². The van der Waals surface area contributed by atoms with Crippen molar-refractivity contribution in [1.82, 2.24) is 4.98 Å². The van der Waals surface area contributed by atoms with E-state index in [0.29, 0.717) is 10.6 Å². The lowest BCUT2D eigenvalue weighted by Crippen LogP contribution is -2.11. The second-order valence-corrected chi connectivity index (χ2v) is 6.94. The monoisotopic (exact) mass is 298 g/mol. The highest BCUT2D eigenvalue weighted by atomic mass is 32.1. The third kappa shape index (κ3) is 3.50. The maximum Gasteiger partial charge on any atom is 0.267 e. The fraction of sp³-hybridized carbons (Fsp3) is 0.294. The van der Waals surface area contributed by atoms with Gasteiger partial charge in [0, 0.05) is 16.7 Å². The first-order valence-electron chi connectivity index (χ1n) is 6.66. The highest BCUT2D eigenvalue weighted by Gasteiger charge is 2.20. The topological polar surface area (TPSA) is 42.0 Å². The van der Waals surface area contributed by atoms with Gasteiger partial charge in [0.25, 0.3) is 5.91 Å². The number of terminal acetylenes is 1. The van der Waals surface area contributed by atoms with Gasteiger partial charge in [0.05, 0.1) is 11.2 Å². The van der Waals surface area contributed by atoms with Crippen LogP contribution in [0.3, 0.4) is 0 Å². The van der Waals surface area contributed by atoms with Gasteiger partial charge in [-0.3, -0.25) is 4.79 Å². The molecule has 0 radical (unpaired) electrons. The minimum Gasteiger partial charge on any atom is -0.321 e. The van der Waals surface area contributed by atoms with Crippen molar-refractivity contribution in [3.8, 4) is 12.3 Å². The van der Waals surface area contributed by atoms with E-state index in [1.165, 1.54) is 11.3 Å². The van der Waals surface area contributed by atoms with Crippen molar-refractivity contribution >= 4 is 22.9 Å². The molecule has 0 aliphatic heterocycles. The molecule has 0 bridgehead atoms. The molecule has 1 amide bonds. The Labute approximate surface area is 129 Å². The number of carbonyl (C=O) groups is 1. The summed E-state index contributed by atoms with van der Waals surface area (Å²) in [5.41, 5.74) is 2.45. The summed E-state index contributed by atoms with van der Waals surface area (Å²) in [5, 5.41) is 3.81. The van der Waals surface area contributed by atoms with E-state index in [0.717, 1.165) is 16.1 Å². The molecule has 0 fully saturated rings. The standard InChI is InChI=1S/C17H18N2OS/c1-6-12-9-13(8-7-11(12)2)19-15(20)14-10-18-16(21-14)17(3,4)5/h1,7-10H,2-5H3,(H,19,20). The number of aryl methyl sites for hydroxylation is 1. The number of aromatic nitrogens is 1. The van der Waals surface area contributed by atoms with E-state index in [2.05, 4.69) is 37.0 Å². The average Bonchev–Trinajstić information content (AvgIpc) is 2.90. The first-order chi connectivity index (χ1) is 9.81. The predicted molar refractivity (Wildman–Crippen MR) is 87.9 cm³/mol. The summed E-state index contributed by atoms with van der Waals surface area (Å²) < 4.78 is 0. The van der Waals surface area contributed by atoms with Gasteiger partial charge < -0.3 is 5.32 Å². The molecule has 108 valence electrons. The number of benzene rings is 1. The van der Waals surface area contributed by atoms with Gasteiger partial charge in [-0.25, -0.2) is 4.98 Å². The molecule has 0 unspecified atom stereocenters. The number of carbonyl (C=O) groups excluding carboxylic acids is 1. The van der Waals surface area contributed by atoms with Crippen LogP contribution in [-0.2, 0) is 5.41 Å². The van der Waals surface area contributed by atoms with Crippen LogP contribution >= 0.6 is 11.3 Å². The highest BCUT2D eigenvalue weighted by molar-refractivity contribution is 7.13. The highest BCUT2D eigenvalue weighted by Crippen LogP contribution is 2.27. The van der Waals surface area contributed by atoms with Gasteiger partial charge in [0.15, 0.2) is 0 Å². The van der Waals surface area contributed by atoms with Crippen LogP contribution < -0.4 is 5.32 Å². The summed E-state index contributed by atoms with van der Waals surface area (Å²) >= 11 is 1.42. The van der Waals surface area contributed by atoms with Gasteiger partial charge in [-0.05, 0) is 24.6 Å². The predicted octanol–water partition coefficient (Wildman–Crippen LogP) is 3.98. The number of nitrogens with zero attached hydrogens (tertiary/aromatic N) is 1. The van der Waals surface area contributed by atoms with Crippen LogP contribution in [0.15, 0.2) is 24.4 Å². The molecule has 1 aromatic carbocycles. The van der Waals surface area contributed by atoms with Crippen LogP contribution in [0.1, 0.15) is 46.6 Å². The third-order valence-corrected chi connectivity index (χ3v) is 4.44. The number of thiazole rings is 1. The van der Waals surface area contributed by atoms with Crippen LogP contribution in [0, 0.1) is 19.3 Å². The van der Waals surface area contributed by atoms with Gasteiger partial charge in [-0.15, -0.1) is 17.8 Å². The Bertz CT molecular complexity index is 717. The molecule has 1 heterocycles. The van der Waals surface area contributed by atoms with Gasteiger partial charge in [-0.1, -0.05) is 32.8 Å². The minimum absolute atomic E-state index is 0.0519. The van der Waals surface area contributed by atoms with E-state index < -0.39 is 0 Å². The fourth-order valence-electron chi connectivity index (χ4n) is 1.77. The number of amides is 1. The number of nitrogens with one attached hydrogen (secondary N) is 1. The summed E-state index contributed by atoms with van der Waals surface area (Å²) in [5.74, 6) is 2.45. The first-order valence-corrected chi connectivity index (χ1v) is 7.48. The van der Waals surface area contributed by atoms with Crippen LogP contribution in [0.25, 0.3) is 0 Å². The minimum atomic E-state index is -0.158. The average molecular weight is 298 g/mol. The first kappa shape index (κ1) is 15.3. The molecule has 2 rings (SSSR count). The second-order valence-electron chi connectivity index (χ2n) is 5.91. The van der Waals surface area contributed by atoms with Crippen LogP contribution in [-0.4, -0.2) is 10.9 Å². The lowest BCUT2D eigenvalue weighted by molar-refractivity contribution is 0.103. The Morgan fingerprint density at radius 2 is 2.10 bits per heavy atom. The van der Waals surface area contributed by atoms with Crippen molar-refractivity contribution in [3.63, 3.8) is 0 Å². The molecule has 1 aromatic heterocycles. The van der Waals surface area contributed by atoms with Crippen molar-refractivity contribution < 1.29 is 4.79 Å². The Morgan fingerprint density at radius 3 is 2.67 bits per heavy atom. The van der Waals surface area contributed by atoms with Crippen molar-refractivity contribution in [2.45, 2.75) is 33.1 Å². The van der Waals surface area contributed by atoms with Gasteiger partial charge in [0.2, 0.25) is 0 Å². The Kier molecular flexibility index (Phi) is 4.15. The Hall–Kier alpha value is -2.12. The molecule has 0 spiro atoms. The molecule has 3 nitrogen and oxygen atoms in total. The normalized spacial score (nSPS) is 11.0. The maximum atomic E-state index is 12.2. The quantitative estimate of drug-likeness (QED) is 0.852. The lowest BCUT2D eigenvalue weighted by Gasteiger charge is -2.13. The zero-order chi connectivity index (χ0) is 15.6. The molecular formula is C17H18N2OS. The molecule has 21 heavy (non-hydrogen) atoms. The number of hydrogen-bond donors (Lipinski definition) is 1. The number of anilines is 1. The second kappa shape index (κ2) is 5.71. The zero-order valence-electron chi connectivity index (χ0n) is 12.7. The summed E-state index contributed by atoms with van der Waals surface area (Å²) in [7, 11) is 0. The Morgan fingerprint density at radius 1 is 1.38 bits per heavy atom. The molecular weight excluding hydrogens is 280 g/mol. The van der Waals surface area contributed by atoms with Crippen LogP contribution in [0.4, 0.5) is 5.69 Å². The molecule has 0 aliphatic rings. The van der Waals surface area contributed by atoms with E-state index in [1.54, 1.807) is 12.3 Å². The SMILES string of the molecule is C#Cc1cc(NC(=O)c2cnc(C(C)(C)C)s2)ccc1C. The number of rotatable bonds is 2. The summed E-state index contributed by atoms with van der Waals surface area (Å²) in [6, 6.07) is 5.55. The molecule has 0 aliphatic carbocycles. The van der Waals surface area contributed by atoms with Gasteiger partial charge >= 0.3 is 0 Å². The smallest absolute Gasteiger partial charge is 0.267 e. The molecule has 4 heteroatoms. The Balaban J connectivity index is 2.19. The van der Waals surface area contributed by atoms with Crippen molar-refractivity contribution in [3.05, 3.63) is 45.4 Å². The van der Waals surface area contributed by atoms with E-state index in [9.17, 15) is 4.79 Å². The molecule has 2 aromatic rings. The zero-order valence-corrected chi connectivity index (χ0v) is 13.5. The van der Waals surface area contributed by atoms with E-state index >= 15 is 0 Å². The number of hydrogen-bond acceptors (Lipinski definition) is 3. The lowest BCUT2D eigenvalue weighted by atomic mass is 9.98. The van der Waals surface area contributed by atoms with Gasteiger partial charge in [0.1, 0.15) is 4.88 Å². The summed E-state index contributed by atoms with van der Waals surface area (Å²) in [6.45, 7) is 8.17. The van der Waals surface area contributed by atoms with Gasteiger partial charge in [-0.2, -0.15) is 0 Å². The van der Waals surface area contributed by atoms with E-state index in [4.69, 9.17) is 6.42 Å². The molecule has 0 atom stereocenters. The fourth-order valence-corrected chi connectivity index (χ4v) is 2.64. The van der Waals surface area contributed by atoms with Crippen molar-refractivity contribution in [1.29, 1.82) is 0 Å². The van der Waals surface area contributed by atoms with Crippen LogP contribution in [0.2, 0.25) is 0 Å². The van der Waals surface area contributed by atoms with Crippen molar-refractivity contribution in [2.24, 2.45) is 0 Å². The summed E-state index contributed by atoms with van der Waals surface area (Å²) in [4.78, 5) is 17.2. The third-order valence-electron chi connectivity index (χ3n) is 3.02. The van der Waals surface area contributed by atoms with E-state index in [-0.39, 0.29) is 11.3 Å². The molecule has 0 saturated carbocycles. The van der Waals surface area contributed by atoms with E-state index in [1.807, 2.05) is 19.1 Å². The maximum absolute atomic E-state index is 12.2. The summed E-state index contributed by atoms with van der Waals surface area (Å²) in [6.07, 6.45) is 7.06. The largest absolute Gasteiger partial charge is 0.321 e. The van der Waals surface area contributed by atoms with Crippen LogP contribution in [0.5, 0.6) is 0 Å².